The molecule has 0 aliphatic heterocycles. The molecule has 2 aromatic heterocycles. The molecule has 3 rings (SSSR count). The van der Waals surface area contributed by atoms with Crippen LogP contribution in [-0.2, 0) is 0 Å². The van der Waals surface area contributed by atoms with E-state index in [9.17, 15) is 5.11 Å². The Bertz CT molecular complexity index is 946. The Balaban J connectivity index is 2.15. The highest BCUT2D eigenvalue weighted by Crippen LogP contribution is 2.23. The van der Waals surface area contributed by atoms with Crippen LogP contribution in [0.1, 0.15) is 19.4 Å². The highest BCUT2D eigenvalue weighted by molar-refractivity contribution is 9.10. The summed E-state index contributed by atoms with van der Waals surface area (Å²) in [5.74, 6) is 6.48. The molecule has 1 aromatic carbocycles. The van der Waals surface area contributed by atoms with Gasteiger partial charge in [-0.3, -0.25) is 0 Å². The zero-order chi connectivity index (χ0) is 16.6. The SMILES string of the molecule is CC(C)(O)C#Cc1ccc2cnn(-c3nc(N)ncc3Br)c2c1. The fourth-order valence-corrected chi connectivity index (χ4v) is 2.37. The summed E-state index contributed by atoms with van der Waals surface area (Å²) in [6, 6.07) is 5.70. The number of rotatable bonds is 1. The number of nitrogens with two attached hydrogens (primary N) is 1. The molecular formula is C16H14BrN5O. The number of anilines is 1. The number of fused-ring (bicyclic) bond motifs is 1. The summed E-state index contributed by atoms with van der Waals surface area (Å²) in [6.45, 7) is 3.28. The van der Waals surface area contributed by atoms with Crippen LogP contribution in [0.2, 0.25) is 0 Å². The Morgan fingerprint density at radius 1 is 1.30 bits per heavy atom. The van der Waals surface area contributed by atoms with Gasteiger partial charge in [-0.2, -0.15) is 10.1 Å². The average Bonchev–Trinajstić information content (AvgIpc) is 2.90. The standard InChI is InChI=1S/C16H14BrN5O/c1-16(2,23)6-5-10-3-4-11-8-20-22(13(11)7-10)14-12(17)9-19-15(18)21-14/h3-4,7-9,23H,1-2H3,(H2,18,19,21). The van der Waals surface area contributed by atoms with Crippen LogP contribution in [0.25, 0.3) is 16.7 Å². The van der Waals surface area contributed by atoms with Gasteiger partial charge in [0, 0.05) is 17.1 Å². The molecule has 0 atom stereocenters. The second-order valence-electron chi connectivity index (χ2n) is 5.54. The number of nitrogen functional groups attached to an aromatic ring is 1. The van der Waals surface area contributed by atoms with Crippen molar-refractivity contribution < 1.29 is 5.11 Å². The predicted molar refractivity (Wildman–Crippen MR) is 91.9 cm³/mol. The molecule has 0 fully saturated rings. The molecule has 0 saturated carbocycles. The summed E-state index contributed by atoms with van der Waals surface area (Å²) in [4.78, 5) is 8.16. The van der Waals surface area contributed by atoms with Crippen molar-refractivity contribution in [3.8, 4) is 17.7 Å². The average molecular weight is 372 g/mol. The van der Waals surface area contributed by atoms with Crippen molar-refractivity contribution in [2.24, 2.45) is 0 Å². The molecule has 23 heavy (non-hydrogen) atoms. The van der Waals surface area contributed by atoms with E-state index in [-0.39, 0.29) is 5.95 Å². The first-order valence-electron chi connectivity index (χ1n) is 6.85. The normalized spacial score (nSPS) is 11.3. The molecule has 0 amide bonds. The van der Waals surface area contributed by atoms with Crippen LogP contribution in [-0.4, -0.2) is 30.5 Å². The largest absolute Gasteiger partial charge is 0.378 e. The first-order chi connectivity index (χ1) is 10.8. The lowest BCUT2D eigenvalue weighted by atomic mass is 10.1. The van der Waals surface area contributed by atoms with Crippen LogP contribution in [0.5, 0.6) is 0 Å². The van der Waals surface area contributed by atoms with Crippen molar-refractivity contribution in [3.05, 3.63) is 40.6 Å². The van der Waals surface area contributed by atoms with Gasteiger partial charge in [-0.05, 0) is 48.0 Å². The van der Waals surface area contributed by atoms with Crippen LogP contribution < -0.4 is 5.73 Å². The molecule has 0 spiro atoms. The maximum absolute atomic E-state index is 9.72. The van der Waals surface area contributed by atoms with Crippen molar-refractivity contribution in [2.75, 3.05) is 5.73 Å². The third-order valence-electron chi connectivity index (χ3n) is 3.03. The lowest BCUT2D eigenvalue weighted by Crippen LogP contribution is -2.14. The van der Waals surface area contributed by atoms with Gasteiger partial charge < -0.3 is 10.8 Å². The van der Waals surface area contributed by atoms with E-state index in [1.165, 1.54) is 0 Å². The fraction of sp³-hybridized carbons (Fsp3) is 0.188. The minimum absolute atomic E-state index is 0.171. The van der Waals surface area contributed by atoms with Crippen LogP contribution in [0.15, 0.2) is 35.1 Å². The van der Waals surface area contributed by atoms with Crippen molar-refractivity contribution in [1.82, 2.24) is 19.7 Å². The minimum atomic E-state index is -1.04. The first kappa shape index (κ1) is 15.5. The van der Waals surface area contributed by atoms with Crippen LogP contribution in [0.3, 0.4) is 0 Å². The maximum Gasteiger partial charge on any atom is 0.222 e. The Morgan fingerprint density at radius 3 is 2.83 bits per heavy atom. The first-order valence-corrected chi connectivity index (χ1v) is 7.64. The molecule has 0 aliphatic rings. The molecule has 6 nitrogen and oxygen atoms in total. The quantitative estimate of drug-likeness (QED) is 0.640. The number of aromatic nitrogens is 4. The Hall–Kier alpha value is -2.43. The highest BCUT2D eigenvalue weighted by atomic mass is 79.9. The molecule has 0 bridgehead atoms. The molecule has 3 N–H and O–H groups in total. The third kappa shape index (κ3) is 3.33. The smallest absolute Gasteiger partial charge is 0.222 e. The van der Waals surface area contributed by atoms with E-state index in [4.69, 9.17) is 5.73 Å². The molecule has 0 aliphatic carbocycles. The summed E-state index contributed by atoms with van der Waals surface area (Å²) < 4.78 is 2.36. The monoisotopic (exact) mass is 371 g/mol. The number of benzene rings is 1. The molecule has 2 heterocycles. The van der Waals surface area contributed by atoms with Crippen molar-refractivity contribution in [2.45, 2.75) is 19.4 Å². The van der Waals surface area contributed by atoms with Gasteiger partial charge in [0.1, 0.15) is 5.60 Å². The molecule has 0 saturated heterocycles. The van der Waals surface area contributed by atoms with Gasteiger partial charge in [0.25, 0.3) is 0 Å². The lowest BCUT2D eigenvalue weighted by Gasteiger charge is -2.07. The highest BCUT2D eigenvalue weighted by Gasteiger charge is 2.11. The van der Waals surface area contributed by atoms with E-state index < -0.39 is 5.60 Å². The predicted octanol–water partition coefficient (Wildman–Crippen LogP) is 2.28. The van der Waals surface area contributed by atoms with Crippen molar-refractivity contribution >= 4 is 32.8 Å². The summed E-state index contributed by atoms with van der Waals surface area (Å²) in [6.07, 6.45) is 3.33. The second kappa shape index (κ2) is 5.65. The second-order valence-corrected chi connectivity index (χ2v) is 6.39. The number of hydrogen-bond acceptors (Lipinski definition) is 5. The number of nitrogens with zero attached hydrogens (tertiary/aromatic N) is 4. The van der Waals surface area contributed by atoms with Gasteiger partial charge in [-0.25, -0.2) is 9.67 Å². The molecule has 116 valence electrons. The number of aliphatic hydroxyl groups is 1. The van der Waals surface area contributed by atoms with Gasteiger partial charge in [0.2, 0.25) is 5.95 Å². The summed E-state index contributed by atoms with van der Waals surface area (Å²) >= 11 is 3.41. The Kier molecular flexibility index (Phi) is 3.80. The number of halogens is 1. The van der Waals surface area contributed by atoms with E-state index in [0.29, 0.717) is 10.3 Å². The topological polar surface area (TPSA) is 89.9 Å². The Labute approximate surface area is 141 Å². The van der Waals surface area contributed by atoms with Gasteiger partial charge in [-0.1, -0.05) is 11.8 Å². The van der Waals surface area contributed by atoms with Crippen LogP contribution in [0, 0.1) is 11.8 Å². The molecule has 7 heteroatoms. The fourth-order valence-electron chi connectivity index (χ4n) is 2.01. The van der Waals surface area contributed by atoms with E-state index in [1.807, 2.05) is 18.2 Å². The molecule has 3 aromatic rings. The maximum atomic E-state index is 9.72. The van der Waals surface area contributed by atoms with E-state index in [2.05, 4.69) is 42.8 Å². The molecule has 0 radical (unpaired) electrons. The van der Waals surface area contributed by atoms with Crippen molar-refractivity contribution in [3.63, 3.8) is 0 Å². The van der Waals surface area contributed by atoms with Gasteiger partial charge >= 0.3 is 0 Å². The van der Waals surface area contributed by atoms with Crippen molar-refractivity contribution in [1.29, 1.82) is 0 Å². The van der Waals surface area contributed by atoms with E-state index in [0.717, 1.165) is 16.5 Å². The molecule has 0 unspecified atom stereocenters. The summed E-state index contributed by atoms with van der Waals surface area (Å²) in [5.41, 5.74) is 6.24. The summed E-state index contributed by atoms with van der Waals surface area (Å²) in [7, 11) is 0. The summed E-state index contributed by atoms with van der Waals surface area (Å²) in [5, 5.41) is 15.0. The van der Waals surface area contributed by atoms with Crippen LogP contribution >= 0.6 is 15.9 Å². The zero-order valence-corrected chi connectivity index (χ0v) is 14.2. The minimum Gasteiger partial charge on any atom is -0.378 e. The van der Waals surface area contributed by atoms with Gasteiger partial charge in [-0.15, -0.1) is 0 Å². The third-order valence-corrected chi connectivity index (χ3v) is 3.59. The van der Waals surface area contributed by atoms with Gasteiger partial charge in [0.15, 0.2) is 5.82 Å². The van der Waals surface area contributed by atoms with E-state index in [1.54, 1.807) is 30.9 Å². The zero-order valence-electron chi connectivity index (χ0n) is 12.6. The Morgan fingerprint density at radius 2 is 2.09 bits per heavy atom. The van der Waals surface area contributed by atoms with Crippen LogP contribution in [0.4, 0.5) is 5.95 Å². The lowest BCUT2D eigenvalue weighted by molar-refractivity contribution is 0.143. The molecular weight excluding hydrogens is 358 g/mol. The van der Waals surface area contributed by atoms with E-state index >= 15 is 0 Å². The van der Waals surface area contributed by atoms with Gasteiger partial charge in [0.05, 0.1) is 16.2 Å². The number of hydrogen-bond donors (Lipinski definition) is 2.